The third-order valence-corrected chi connectivity index (χ3v) is 5.89. The zero-order valence-corrected chi connectivity index (χ0v) is 21.5. The summed E-state index contributed by atoms with van der Waals surface area (Å²) < 4.78 is 23.5. The van der Waals surface area contributed by atoms with Crippen LogP contribution in [0, 0.1) is 22.5 Å². The number of nitro groups is 1. The van der Waals surface area contributed by atoms with Crippen molar-refractivity contribution in [2.75, 3.05) is 20.3 Å². The van der Waals surface area contributed by atoms with Crippen LogP contribution in [0.1, 0.15) is 12.5 Å². The number of aromatic nitrogens is 2. The van der Waals surface area contributed by atoms with Gasteiger partial charge in [0.2, 0.25) is 11.6 Å². The first-order valence-electron chi connectivity index (χ1n) is 12.1. The summed E-state index contributed by atoms with van der Waals surface area (Å²) >= 11 is 0. The monoisotopic (exact) mass is 538 g/mol. The number of nitro benzene ring substituents is 1. The molecule has 3 aromatic carbocycles. The lowest BCUT2D eigenvalue weighted by molar-refractivity contribution is -0.385. The Morgan fingerprint density at radius 3 is 2.70 bits per heavy atom. The van der Waals surface area contributed by atoms with Gasteiger partial charge < -0.3 is 18.6 Å². The molecule has 0 atom stereocenters. The highest BCUT2D eigenvalue weighted by molar-refractivity contribution is 5.89. The number of hydrogen-bond acceptors (Lipinski definition) is 9. The summed E-state index contributed by atoms with van der Waals surface area (Å²) in [5, 5.41) is 17.2. The first-order valence-corrected chi connectivity index (χ1v) is 12.1. The summed E-state index contributed by atoms with van der Waals surface area (Å²) in [6, 6.07) is 16.7. The van der Waals surface area contributed by atoms with E-state index in [0.717, 1.165) is 4.68 Å². The Balaban J connectivity index is 1.69. The molecule has 200 valence electrons. The highest BCUT2D eigenvalue weighted by atomic mass is 16.6. The molecule has 0 radical (unpaired) electrons. The number of methoxy groups -OCH3 is 1. The third kappa shape index (κ3) is 4.81. The van der Waals surface area contributed by atoms with Crippen molar-refractivity contribution in [2.24, 2.45) is 5.10 Å². The zero-order valence-electron chi connectivity index (χ0n) is 21.5. The molecular weight excluding hydrogens is 516 g/mol. The first-order chi connectivity index (χ1) is 19.4. The van der Waals surface area contributed by atoms with Crippen molar-refractivity contribution in [3.8, 4) is 41.2 Å². The number of hydrogen-bond donors (Lipinski definition) is 0. The predicted octanol–water partition coefficient (Wildman–Crippen LogP) is 5.02. The van der Waals surface area contributed by atoms with Gasteiger partial charge in [-0.2, -0.15) is 9.78 Å². The van der Waals surface area contributed by atoms with Crippen LogP contribution in [0.2, 0.25) is 0 Å². The minimum atomic E-state index is -0.608. The number of benzene rings is 3. The maximum absolute atomic E-state index is 13.6. The number of fused-ring (bicyclic) bond motifs is 2. The van der Waals surface area contributed by atoms with Gasteiger partial charge in [0.1, 0.15) is 17.9 Å². The molecule has 0 bridgehead atoms. The van der Waals surface area contributed by atoms with Gasteiger partial charge in [-0.15, -0.1) is 6.42 Å². The van der Waals surface area contributed by atoms with E-state index in [4.69, 9.17) is 25.1 Å². The number of terminal acetylenes is 1. The maximum atomic E-state index is 13.6. The molecule has 0 aliphatic carbocycles. The van der Waals surface area contributed by atoms with E-state index in [2.05, 4.69) is 16.0 Å². The second-order valence-corrected chi connectivity index (χ2v) is 8.35. The molecule has 11 heteroatoms. The summed E-state index contributed by atoms with van der Waals surface area (Å²) in [4.78, 5) is 29.4. The van der Waals surface area contributed by atoms with E-state index in [1.165, 1.54) is 18.3 Å². The van der Waals surface area contributed by atoms with Crippen molar-refractivity contribution < 1.29 is 23.6 Å². The van der Waals surface area contributed by atoms with Gasteiger partial charge in [0.15, 0.2) is 11.5 Å². The van der Waals surface area contributed by atoms with Crippen molar-refractivity contribution in [2.45, 2.75) is 6.92 Å². The zero-order chi connectivity index (χ0) is 28.2. The van der Waals surface area contributed by atoms with E-state index in [-0.39, 0.29) is 47.5 Å². The largest absolute Gasteiger partial charge is 0.496 e. The van der Waals surface area contributed by atoms with Crippen LogP contribution in [-0.4, -0.2) is 41.1 Å². The molecule has 40 heavy (non-hydrogen) atoms. The quantitative estimate of drug-likeness (QED) is 0.111. The van der Waals surface area contributed by atoms with Crippen LogP contribution in [0.3, 0.4) is 0 Å². The lowest BCUT2D eigenvalue weighted by Crippen LogP contribution is -2.20. The van der Waals surface area contributed by atoms with Gasteiger partial charge >= 0.3 is 5.69 Å². The van der Waals surface area contributed by atoms with Gasteiger partial charge in [0, 0.05) is 11.6 Å². The van der Waals surface area contributed by atoms with E-state index < -0.39 is 10.5 Å². The Kier molecular flexibility index (Phi) is 7.15. The van der Waals surface area contributed by atoms with E-state index in [9.17, 15) is 14.9 Å². The molecule has 0 fully saturated rings. The highest BCUT2D eigenvalue weighted by Crippen LogP contribution is 2.38. The van der Waals surface area contributed by atoms with E-state index in [0.29, 0.717) is 27.6 Å². The lowest BCUT2D eigenvalue weighted by atomic mass is 10.2. The minimum Gasteiger partial charge on any atom is -0.496 e. The average molecular weight is 539 g/mol. The standard InChI is InChI=1S/C29H22N4O7/c1-4-13-39-27-22(33(35)36)14-18(15-25(27)38-5-2)17-30-32-28(31-21-10-7-6-9-19(21)29(32)34)26-16-20-23(37-3)11-8-12-24(20)40-26/h1,6-12,14-17H,5,13H2,2-3H3. The summed E-state index contributed by atoms with van der Waals surface area (Å²) in [6.07, 6.45) is 6.56. The van der Waals surface area contributed by atoms with Crippen molar-refractivity contribution in [3.63, 3.8) is 0 Å². The molecule has 0 N–H and O–H groups in total. The molecule has 11 nitrogen and oxygen atoms in total. The van der Waals surface area contributed by atoms with Crippen LogP contribution < -0.4 is 19.8 Å². The van der Waals surface area contributed by atoms with Crippen LogP contribution in [0.4, 0.5) is 5.69 Å². The van der Waals surface area contributed by atoms with Gasteiger partial charge in [-0.25, -0.2) is 4.98 Å². The molecule has 5 rings (SSSR count). The van der Waals surface area contributed by atoms with Gasteiger partial charge in [0.05, 0.1) is 41.1 Å². The molecule has 0 aliphatic rings. The summed E-state index contributed by atoms with van der Waals surface area (Å²) in [6.45, 7) is 1.77. The molecule has 0 saturated heterocycles. The Morgan fingerprint density at radius 1 is 1.12 bits per heavy atom. The van der Waals surface area contributed by atoms with E-state index in [1.54, 1.807) is 62.6 Å². The van der Waals surface area contributed by atoms with Crippen molar-refractivity contribution in [3.05, 3.63) is 86.7 Å². The molecule has 0 saturated carbocycles. The minimum absolute atomic E-state index is 0.0941. The summed E-state index contributed by atoms with van der Waals surface area (Å²) in [5.41, 5.74) is 0.437. The third-order valence-electron chi connectivity index (χ3n) is 5.89. The molecular formula is C29H22N4O7. The Labute approximate surface area is 227 Å². The lowest BCUT2D eigenvalue weighted by Gasteiger charge is -2.12. The molecule has 2 heterocycles. The van der Waals surface area contributed by atoms with E-state index in [1.807, 2.05) is 0 Å². The number of nitrogens with zero attached hydrogens (tertiary/aromatic N) is 4. The number of ether oxygens (including phenoxy) is 3. The Hall–Kier alpha value is -5.63. The topological polar surface area (TPSA) is 131 Å². The highest BCUT2D eigenvalue weighted by Gasteiger charge is 2.23. The maximum Gasteiger partial charge on any atom is 0.315 e. The van der Waals surface area contributed by atoms with E-state index >= 15 is 0 Å². The number of para-hydroxylation sites is 1. The second kappa shape index (κ2) is 11.0. The van der Waals surface area contributed by atoms with Crippen LogP contribution in [-0.2, 0) is 0 Å². The number of rotatable bonds is 9. The second-order valence-electron chi connectivity index (χ2n) is 8.35. The average Bonchev–Trinajstić information content (AvgIpc) is 3.40. The molecule has 2 aromatic heterocycles. The van der Waals surface area contributed by atoms with Gasteiger partial charge in [-0.3, -0.25) is 14.9 Å². The summed E-state index contributed by atoms with van der Waals surface area (Å²) in [7, 11) is 1.55. The molecule has 0 amide bonds. The van der Waals surface area contributed by atoms with Crippen LogP contribution in [0.15, 0.2) is 75.0 Å². The summed E-state index contributed by atoms with van der Waals surface area (Å²) in [5.74, 6) is 3.30. The van der Waals surface area contributed by atoms with Gasteiger partial charge in [0.25, 0.3) is 5.56 Å². The smallest absolute Gasteiger partial charge is 0.315 e. The van der Waals surface area contributed by atoms with Gasteiger partial charge in [-0.1, -0.05) is 24.1 Å². The van der Waals surface area contributed by atoms with Crippen LogP contribution in [0.5, 0.6) is 17.2 Å². The van der Waals surface area contributed by atoms with Crippen molar-refractivity contribution >= 4 is 33.8 Å². The van der Waals surface area contributed by atoms with Gasteiger partial charge in [-0.05, 0) is 43.3 Å². The molecule has 5 aromatic rings. The number of furan rings is 1. The fourth-order valence-electron chi connectivity index (χ4n) is 4.18. The molecule has 0 unspecified atom stereocenters. The fraction of sp³-hybridized carbons (Fsp3) is 0.138. The van der Waals surface area contributed by atoms with Crippen LogP contribution >= 0.6 is 0 Å². The van der Waals surface area contributed by atoms with Crippen molar-refractivity contribution in [1.29, 1.82) is 0 Å². The SMILES string of the molecule is C#CCOc1c(OCC)cc(C=Nn2c(-c3cc4c(OC)cccc4o3)nc3ccccc3c2=O)cc1[N+](=O)[O-]. The first kappa shape index (κ1) is 26.0. The molecule has 0 spiro atoms. The Morgan fingerprint density at radius 2 is 1.95 bits per heavy atom. The predicted molar refractivity (Wildman–Crippen MR) is 149 cm³/mol. The molecule has 0 aliphatic heterocycles. The normalized spacial score (nSPS) is 11.1. The fourth-order valence-corrected chi connectivity index (χ4v) is 4.18. The Bertz CT molecular complexity index is 1880. The van der Waals surface area contributed by atoms with Crippen LogP contribution in [0.25, 0.3) is 33.5 Å². The van der Waals surface area contributed by atoms with Crippen molar-refractivity contribution in [1.82, 2.24) is 9.66 Å².